The standard InChI is InChI=1S/C24H25N3O5S/c1-17-9-14-22(32-3)23(15-17)33(30,31)27(21-7-5-4-6-8-21)16-24(29)26-20-12-10-19(11-13-20)25-18(2)28/h4-15H,16H2,1-3H3,(H,25,28)(H,26,29). The van der Waals surface area contributed by atoms with Crippen LogP contribution < -0.4 is 19.7 Å². The van der Waals surface area contributed by atoms with Crippen LogP contribution >= 0.6 is 0 Å². The lowest BCUT2D eigenvalue weighted by Crippen LogP contribution is -2.38. The SMILES string of the molecule is COc1ccc(C)cc1S(=O)(=O)N(CC(=O)Nc1ccc(NC(C)=O)cc1)c1ccccc1. The Morgan fingerprint density at radius 3 is 2.09 bits per heavy atom. The Bertz CT molecular complexity index is 1240. The molecule has 0 saturated carbocycles. The number of hydrogen-bond acceptors (Lipinski definition) is 5. The number of aryl methyl sites for hydroxylation is 1. The summed E-state index contributed by atoms with van der Waals surface area (Å²) in [5, 5.41) is 5.34. The van der Waals surface area contributed by atoms with Crippen LogP contribution in [0.25, 0.3) is 0 Å². The quantitative estimate of drug-likeness (QED) is 0.524. The molecule has 0 aliphatic heterocycles. The van der Waals surface area contributed by atoms with Crippen molar-refractivity contribution in [3.63, 3.8) is 0 Å². The third-order valence-electron chi connectivity index (χ3n) is 4.71. The molecule has 0 heterocycles. The maximum atomic E-state index is 13.6. The molecular formula is C24H25N3O5S. The van der Waals surface area contributed by atoms with E-state index >= 15 is 0 Å². The van der Waals surface area contributed by atoms with Gasteiger partial charge in [0.15, 0.2) is 0 Å². The lowest BCUT2D eigenvalue weighted by Gasteiger charge is -2.25. The highest BCUT2D eigenvalue weighted by molar-refractivity contribution is 7.93. The van der Waals surface area contributed by atoms with Crippen molar-refractivity contribution in [3.05, 3.63) is 78.4 Å². The first kappa shape index (κ1) is 23.8. The van der Waals surface area contributed by atoms with Crippen molar-refractivity contribution in [3.8, 4) is 5.75 Å². The first-order valence-corrected chi connectivity index (χ1v) is 11.5. The molecule has 0 aliphatic rings. The number of carbonyl (C=O) groups excluding carboxylic acids is 2. The van der Waals surface area contributed by atoms with Crippen LogP contribution in [0.4, 0.5) is 17.1 Å². The summed E-state index contributed by atoms with van der Waals surface area (Å²) >= 11 is 0. The maximum Gasteiger partial charge on any atom is 0.268 e. The fourth-order valence-electron chi connectivity index (χ4n) is 3.18. The molecule has 9 heteroatoms. The van der Waals surface area contributed by atoms with Gasteiger partial charge in [0.1, 0.15) is 17.2 Å². The molecule has 0 unspecified atom stereocenters. The zero-order valence-electron chi connectivity index (χ0n) is 18.5. The molecule has 0 atom stereocenters. The van der Waals surface area contributed by atoms with Crippen LogP contribution in [0.1, 0.15) is 12.5 Å². The molecule has 3 aromatic rings. The van der Waals surface area contributed by atoms with Crippen LogP contribution in [-0.4, -0.2) is 33.9 Å². The topological polar surface area (TPSA) is 105 Å². The van der Waals surface area contributed by atoms with Gasteiger partial charge in [-0.05, 0) is 61.0 Å². The number of ether oxygens (including phenoxy) is 1. The van der Waals surface area contributed by atoms with Crippen LogP contribution in [0.5, 0.6) is 5.75 Å². The highest BCUT2D eigenvalue weighted by Crippen LogP contribution is 2.30. The van der Waals surface area contributed by atoms with Gasteiger partial charge in [0.2, 0.25) is 11.8 Å². The fourth-order valence-corrected chi connectivity index (χ4v) is 4.85. The second-order valence-electron chi connectivity index (χ2n) is 7.31. The predicted molar refractivity (Wildman–Crippen MR) is 128 cm³/mol. The molecular weight excluding hydrogens is 442 g/mol. The largest absolute Gasteiger partial charge is 0.495 e. The molecule has 172 valence electrons. The summed E-state index contributed by atoms with van der Waals surface area (Å²) in [4.78, 5) is 24.0. The first-order valence-electron chi connectivity index (χ1n) is 10.1. The number of methoxy groups -OCH3 is 1. The van der Waals surface area contributed by atoms with Gasteiger partial charge in [-0.2, -0.15) is 0 Å². The molecule has 2 N–H and O–H groups in total. The average Bonchev–Trinajstić information content (AvgIpc) is 2.79. The van der Waals surface area contributed by atoms with Crippen LogP contribution in [0.3, 0.4) is 0 Å². The van der Waals surface area contributed by atoms with Gasteiger partial charge in [-0.1, -0.05) is 24.3 Å². The second kappa shape index (κ2) is 10.2. The molecule has 3 rings (SSSR count). The van der Waals surface area contributed by atoms with E-state index in [1.807, 2.05) is 0 Å². The zero-order valence-corrected chi connectivity index (χ0v) is 19.3. The molecule has 0 radical (unpaired) electrons. The Hall–Kier alpha value is -3.85. The number of amides is 2. The number of benzene rings is 3. The molecule has 8 nitrogen and oxygen atoms in total. The van der Waals surface area contributed by atoms with Gasteiger partial charge in [-0.3, -0.25) is 13.9 Å². The monoisotopic (exact) mass is 467 g/mol. The lowest BCUT2D eigenvalue weighted by molar-refractivity contribution is -0.115. The Labute approximate surface area is 193 Å². The van der Waals surface area contributed by atoms with E-state index in [2.05, 4.69) is 10.6 Å². The Balaban J connectivity index is 1.90. The van der Waals surface area contributed by atoms with E-state index in [0.717, 1.165) is 9.87 Å². The predicted octanol–water partition coefficient (Wildman–Crippen LogP) is 3.80. The maximum absolute atomic E-state index is 13.6. The summed E-state index contributed by atoms with van der Waals surface area (Å²) in [6.07, 6.45) is 0. The molecule has 3 aromatic carbocycles. The summed E-state index contributed by atoms with van der Waals surface area (Å²) in [5.74, 6) is -0.543. The van der Waals surface area contributed by atoms with Crippen LogP contribution in [-0.2, 0) is 19.6 Å². The third kappa shape index (κ3) is 5.89. The van der Waals surface area contributed by atoms with Gasteiger partial charge < -0.3 is 15.4 Å². The number of hydrogen-bond donors (Lipinski definition) is 2. The molecule has 0 bridgehead atoms. The number of anilines is 3. The highest BCUT2D eigenvalue weighted by atomic mass is 32.2. The van der Waals surface area contributed by atoms with E-state index < -0.39 is 22.5 Å². The van der Waals surface area contributed by atoms with Crippen molar-refractivity contribution in [2.45, 2.75) is 18.7 Å². The zero-order chi connectivity index (χ0) is 24.0. The van der Waals surface area contributed by atoms with E-state index in [1.54, 1.807) is 73.7 Å². The van der Waals surface area contributed by atoms with Crippen molar-refractivity contribution in [1.29, 1.82) is 0 Å². The van der Waals surface area contributed by atoms with Gasteiger partial charge in [-0.25, -0.2) is 8.42 Å². The Kier molecular flexibility index (Phi) is 7.34. The lowest BCUT2D eigenvalue weighted by atomic mass is 10.2. The molecule has 0 spiro atoms. The van der Waals surface area contributed by atoms with Crippen LogP contribution in [0, 0.1) is 6.92 Å². The van der Waals surface area contributed by atoms with Crippen LogP contribution in [0.2, 0.25) is 0 Å². The minimum absolute atomic E-state index is 0.0266. The molecule has 33 heavy (non-hydrogen) atoms. The van der Waals surface area contributed by atoms with E-state index in [0.29, 0.717) is 17.1 Å². The van der Waals surface area contributed by atoms with Crippen molar-refractivity contribution < 1.29 is 22.7 Å². The summed E-state index contributed by atoms with van der Waals surface area (Å²) in [6.45, 7) is 2.73. The Morgan fingerprint density at radius 2 is 1.52 bits per heavy atom. The fraction of sp³-hybridized carbons (Fsp3) is 0.167. The Morgan fingerprint density at radius 1 is 0.909 bits per heavy atom. The molecule has 2 amide bonds. The van der Waals surface area contributed by atoms with Crippen molar-refractivity contribution in [1.82, 2.24) is 0 Å². The smallest absolute Gasteiger partial charge is 0.268 e. The molecule has 0 saturated heterocycles. The molecule has 0 fully saturated rings. The van der Waals surface area contributed by atoms with Gasteiger partial charge in [0.25, 0.3) is 10.0 Å². The number of carbonyl (C=O) groups is 2. The second-order valence-corrected chi connectivity index (χ2v) is 9.14. The van der Waals surface area contributed by atoms with Crippen molar-refractivity contribution in [2.75, 3.05) is 28.6 Å². The third-order valence-corrected chi connectivity index (χ3v) is 6.50. The summed E-state index contributed by atoms with van der Waals surface area (Å²) in [6, 6.07) is 19.8. The van der Waals surface area contributed by atoms with Gasteiger partial charge >= 0.3 is 0 Å². The average molecular weight is 468 g/mol. The summed E-state index contributed by atoms with van der Waals surface area (Å²) in [5.41, 5.74) is 2.14. The van der Waals surface area contributed by atoms with Crippen LogP contribution in [0.15, 0.2) is 77.7 Å². The van der Waals surface area contributed by atoms with Crippen molar-refractivity contribution in [2.24, 2.45) is 0 Å². The van der Waals surface area contributed by atoms with Crippen molar-refractivity contribution >= 4 is 38.9 Å². The number of nitrogens with zero attached hydrogens (tertiary/aromatic N) is 1. The van der Waals surface area contributed by atoms with E-state index in [9.17, 15) is 18.0 Å². The molecule has 0 aromatic heterocycles. The number of para-hydroxylation sites is 1. The van der Waals surface area contributed by atoms with Gasteiger partial charge in [-0.15, -0.1) is 0 Å². The normalized spacial score (nSPS) is 10.9. The van der Waals surface area contributed by atoms with Gasteiger partial charge in [0, 0.05) is 18.3 Å². The minimum Gasteiger partial charge on any atom is -0.495 e. The number of rotatable bonds is 8. The molecule has 0 aliphatic carbocycles. The summed E-state index contributed by atoms with van der Waals surface area (Å²) in [7, 11) is -2.73. The number of nitrogens with one attached hydrogen (secondary N) is 2. The first-order chi connectivity index (χ1) is 15.7. The number of sulfonamides is 1. The van der Waals surface area contributed by atoms with Gasteiger partial charge in [0.05, 0.1) is 12.8 Å². The van der Waals surface area contributed by atoms with E-state index in [1.165, 1.54) is 20.1 Å². The summed E-state index contributed by atoms with van der Waals surface area (Å²) < 4.78 is 33.6. The van der Waals surface area contributed by atoms with E-state index in [4.69, 9.17) is 4.74 Å². The minimum atomic E-state index is -4.13. The van der Waals surface area contributed by atoms with E-state index in [-0.39, 0.29) is 16.6 Å². The highest BCUT2D eigenvalue weighted by Gasteiger charge is 2.30.